The van der Waals surface area contributed by atoms with E-state index in [1.54, 1.807) is 12.1 Å². The van der Waals surface area contributed by atoms with Crippen LogP contribution in [-0.4, -0.2) is 17.7 Å². The summed E-state index contributed by atoms with van der Waals surface area (Å²) in [4.78, 5) is 0. The van der Waals surface area contributed by atoms with Gasteiger partial charge in [-0.25, -0.2) is 0 Å². The Morgan fingerprint density at radius 3 is 2.59 bits per heavy atom. The van der Waals surface area contributed by atoms with Crippen molar-refractivity contribution in [3.8, 4) is 5.75 Å². The van der Waals surface area contributed by atoms with Crippen LogP contribution in [0.5, 0.6) is 5.75 Å². The molecule has 1 fully saturated rings. The van der Waals surface area contributed by atoms with Crippen LogP contribution >= 0.6 is 0 Å². The Balaban J connectivity index is 1.86. The van der Waals surface area contributed by atoms with E-state index in [0.29, 0.717) is 17.7 Å². The van der Waals surface area contributed by atoms with E-state index in [1.807, 2.05) is 12.1 Å². The van der Waals surface area contributed by atoms with Gasteiger partial charge in [0.1, 0.15) is 5.75 Å². The molecule has 1 saturated carbocycles. The fourth-order valence-electron chi connectivity index (χ4n) is 2.62. The molecule has 0 aromatic heterocycles. The van der Waals surface area contributed by atoms with Crippen LogP contribution in [0.2, 0.25) is 0 Å². The Morgan fingerprint density at radius 1 is 1.18 bits per heavy atom. The third-order valence-electron chi connectivity index (χ3n) is 3.72. The van der Waals surface area contributed by atoms with Crippen molar-refractivity contribution in [3.05, 3.63) is 29.8 Å². The van der Waals surface area contributed by atoms with Crippen molar-refractivity contribution in [3.63, 3.8) is 0 Å². The van der Waals surface area contributed by atoms with Gasteiger partial charge in [0.2, 0.25) is 0 Å². The number of nitrogens with one attached hydrogen (secondary N) is 1. The molecule has 1 aliphatic rings. The summed E-state index contributed by atoms with van der Waals surface area (Å²) in [6, 6.07) is 7.95. The van der Waals surface area contributed by atoms with Crippen molar-refractivity contribution in [2.75, 3.05) is 6.54 Å². The molecule has 0 radical (unpaired) electrons. The van der Waals surface area contributed by atoms with Gasteiger partial charge in [-0.1, -0.05) is 25.0 Å². The third-order valence-corrected chi connectivity index (χ3v) is 3.72. The molecule has 4 N–H and O–H groups in total. The van der Waals surface area contributed by atoms with Gasteiger partial charge in [-0.3, -0.25) is 0 Å². The van der Waals surface area contributed by atoms with E-state index < -0.39 is 0 Å². The van der Waals surface area contributed by atoms with Crippen LogP contribution in [0.3, 0.4) is 0 Å². The van der Waals surface area contributed by atoms with Crippen LogP contribution in [0.25, 0.3) is 0 Å². The standard InChI is InChI=1S/C14H22N2O/c15-9-12-3-1-2-4-14(12)16-10-11-5-7-13(17)8-6-11/h5-8,12,14,16-17H,1-4,9-10,15H2. The number of hydrogen-bond donors (Lipinski definition) is 3. The largest absolute Gasteiger partial charge is 0.508 e. The van der Waals surface area contributed by atoms with Crippen molar-refractivity contribution in [1.29, 1.82) is 0 Å². The van der Waals surface area contributed by atoms with Crippen LogP contribution in [0.4, 0.5) is 0 Å². The van der Waals surface area contributed by atoms with Crippen LogP contribution in [0.15, 0.2) is 24.3 Å². The Morgan fingerprint density at radius 2 is 1.88 bits per heavy atom. The molecule has 2 rings (SSSR count). The molecule has 1 aliphatic carbocycles. The maximum Gasteiger partial charge on any atom is 0.115 e. The molecule has 3 nitrogen and oxygen atoms in total. The Kier molecular flexibility index (Phi) is 4.40. The van der Waals surface area contributed by atoms with Gasteiger partial charge in [-0.2, -0.15) is 0 Å². The second-order valence-corrected chi connectivity index (χ2v) is 4.93. The average molecular weight is 234 g/mol. The van der Waals surface area contributed by atoms with E-state index in [9.17, 15) is 5.11 Å². The highest BCUT2D eigenvalue weighted by Gasteiger charge is 2.22. The lowest BCUT2D eigenvalue weighted by atomic mass is 9.84. The minimum absolute atomic E-state index is 0.325. The second-order valence-electron chi connectivity index (χ2n) is 4.93. The number of rotatable bonds is 4. The topological polar surface area (TPSA) is 58.3 Å². The van der Waals surface area contributed by atoms with Crippen molar-refractivity contribution in [2.45, 2.75) is 38.3 Å². The van der Waals surface area contributed by atoms with Gasteiger partial charge in [-0.05, 0) is 43.0 Å². The predicted molar refractivity (Wildman–Crippen MR) is 69.7 cm³/mol. The summed E-state index contributed by atoms with van der Waals surface area (Å²) in [7, 11) is 0. The van der Waals surface area contributed by atoms with E-state index >= 15 is 0 Å². The van der Waals surface area contributed by atoms with E-state index in [0.717, 1.165) is 13.1 Å². The Labute approximate surface area is 103 Å². The van der Waals surface area contributed by atoms with Crippen molar-refractivity contribution in [2.24, 2.45) is 11.7 Å². The lowest BCUT2D eigenvalue weighted by Gasteiger charge is -2.31. The van der Waals surface area contributed by atoms with Gasteiger partial charge in [-0.15, -0.1) is 0 Å². The lowest BCUT2D eigenvalue weighted by Crippen LogP contribution is -2.41. The fraction of sp³-hybridized carbons (Fsp3) is 0.571. The first-order chi connectivity index (χ1) is 8.29. The first-order valence-electron chi connectivity index (χ1n) is 6.51. The molecule has 3 heteroatoms. The molecule has 17 heavy (non-hydrogen) atoms. The fourth-order valence-corrected chi connectivity index (χ4v) is 2.62. The van der Waals surface area contributed by atoms with E-state index in [1.165, 1.54) is 31.2 Å². The summed E-state index contributed by atoms with van der Waals surface area (Å²) in [5.41, 5.74) is 7.02. The lowest BCUT2D eigenvalue weighted by molar-refractivity contribution is 0.267. The van der Waals surface area contributed by atoms with Crippen LogP contribution in [0.1, 0.15) is 31.2 Å². The summed E-state index contributed by atoms with van der Waals surface area (Å²) in [6.45, 7) is 1.65. The minimum Gasteiger partial charge on any atom is -0.508 e. The smallest absolute Gasteiger partial charge is 0.115 e. The molecular weight excluding hydrogens is 212 g/mol. The molecule has 0 aliphatic heterocycles. The van der Waals surface area contributed by atoms with E-state index in [4.69, 9.17) is 5.73 Å². The molecule has 0 saturated heterocycles. The number of nitrogens with two attached hydrogens (primary N) is 1. The molecule has 94 valence electrons. The normalized spacial score (nSPS) is 24.8. The summed E-state index contributed by atoms with van der Waals surface area (Å²) in [5.74, 6) is 0.951. The van der Waals surface area contributed by atoms with Crippen LogP contribution < -0.4 is 11.1 Å². The molecule has 0 amide bonds. The molecule has 1 aromatic rings. The SMILES string of the molecule is NCC1CCCCC1NCc1ccc(O)cc1. The van der Waals surface area contributed by atoms with Gasteiger partial charge < -0.3 is 16.2 Å². The van der Waals surface area contributed by atoms with Crippen molar-refractivity contribution < 1.29 is 5.11 Å². The molecular formula is C14H22N2O. The van der Waals surface area contributed by atoms with Gasteiger partial charge in [0.05, 0.1) is 0 Å². The molecule has 1 aromatic carbocycles. The molecule has 0 bridgehead atoms. The quantitative estimate of drug-likeness (QED) is 0.747. The number of aromatic hydroxyl groups is 1. The highest BCUT2D eigenvalue weighted by molar-refractivity contribution is 5.25. The van der Waals surface area contributed by atoms with Gasteiger partial charge in [0, 0.05) is 12.6 Å². The zero-order valence-electron chi connectivity index (χ0n) is 10.2. The average Bonchev–Trinajstić information content (AvgIpc) is 2.38. The summed E-state index contributed by atoms with van der Waals surface area (Å²) in [6.07, 6.45) is 5.12. The zero-order chi connectivity index (χ0) is 12.1. The number of phenolic OH excluding ortho intramolecular Hbond substituents is 1. The molecule has 0 spiro atoms. The number of phenols is 1. The zero-order valence-corrected chi connectivity index (χ0v) is 10.2. The van der Waals surface area contributed by atoms with E-state index in [-0.39, 0.29) is 0 Å². The molecule has 2 atom stereocenters. The summed E-state index contributed by atoms with van der Waals surface area (Å²) < 4.78 is 0. The third kappa shape index (κ3) is 3.45. The van der Waals surface area contributed by atoms with Crippen LogP contribution in [-0.2, 0) is 6.54 Å². The highest BCUT2D eigenvalue weighted by atomic mass is 16.3. The van der Waals surface area contributed by atoms with Crippen LogP contribution in [0, 0.1) is 5.92 Å². The van der Waals surface area contributed by atoms with Crippen molar-refractivity contribution >= 4 is 0 Å². The van der Waals surface area contributed by atoms with Gasteiger partial charge in [0.25, 0.3) is 0 Å². The minimum atomic E-state index is 0.325. The predicted octanol–water partition coefficient (Wildman–Crippen LogP) is 2.00. The first-order valence-corrected chi connectivity index (χ1v) is 6.51. The Hall–Kier alpha value is -1.06. The maximum atomic E-state index is 9.22. The summed E-state index contributed by atoms with van der Waals surface area (Å²) >= 11 is 0. The second kappa shape index (κ2) is 6.03. The van der Waals surface area contributed by atoms with E-state index in [2.05, 4.69) is 5.32 Å². The van der Waals surface area contributed by atoms with Gasteiger partial charge in [0.15, 0.2) is 0 Å². The number of hydrogen-bond acceptors (Lipinski definition) is 3. The summed E-state index contributed by atoms with van der Waals surface area (Å²) in [5, 5.41) is 12.8. The molecule has 2 unspecified atom stereocenters. The number of benzene rings is 1. The highest BCUT2D eigenvalue weighted by Crippen LogP contribution is 2.23. The van der Waals surface area contributed by atoms with Crippen molar-refractivity contribution in [1.82, 2.24) is 5.32 Å². The Bertz CT molecular complexity index is 337. The maximum absolute atomic E-state index is 9.22. The monoisotopic (exact) mass is 234 g/mol. The first kappa shape index (κ1) is 12.4. The van der Waals surface area contributed by atoms with Gasteiger partial charge >= 0.3 is 0 Å². The molecule has 0 heterocycles.